The van der Waals surface area contributed by atoms with Crippen LogP contribution in [0.2, 0.25) is 13.1 Å². The van der Waals surface area contributed by atoms with Crippen LogP contribution in [0.3, 0.4) is 0 Å². The Balaban J connectivity index is 1.28. The van der Waals surface area contributed by atoms with Gasteiger partial charge in [-0.15, -0.1) is 0 Å². The molecule has 3 heterocycles. The van der Waals surface area contributed by atoms with Crippen molar-refractivity contribution in [3.05, 3.63) is 164 Å². The third kappa shape index (κ3) is 4.78. The Morgan fingerprint density at radius 1 is 0.423 bits per heavy atom. The normalized spacial score (nSPS) is 13.0. The highest BCUT2D eigenvalue weighted by Gasteiger charge is 2.40. The summed E-state index contributed by atoms with van der Waals surface area (Å²) in [4.78, 5) is 16.0. The number of furan rings is 1. The van der Waals surface area contributed by atoms with E-state index in [1.807, 2.05) is 18.2 Å². The van der Waals surface area contributed by atoms with E-state index in [1.54, 1.807) is 0 Å². The SMILES string of the molecule is C[Si]1(C)c2ccccc2-c2c1cc(-c1nc(-c3cccc(-c4ccccc4)c3)nc(-c3ccccc3-c3ccccc3)n1)c1c2oc2ccccc21. The van der Waals surface area contributed by atoms with Gasteiger partial charge in [0.1, 0.15) is 19.2 Å². The molecule has 0 saturated carbocycles. The monoisotopic (exact) mass is 683 g/mol. The van der Waals surface area contributed by atoms with Crippen molar-refractivity contribution < 1.29 is 4.42 Å². The summed E-state index contributed by atoms with van der Waals surface area (Å²) in [7, 11) is -2.10. The average Bonchev–Trinajstić information content (AvgIpc) is 3.70. The van der Waals surface area contributed by atoms with Gasteiger partial charge in [0.05, 0.1) is 0 Å². The van der Waals surface area contributed by atoms with Crippen LogP contribution in [0.15, 0.2) is 168 Å². The summed E-state index contributed by atoms with van der Waals surface area (Å²) < 4.78 is 6.83. The van der Waals surface area contributed by atoms with Gasteiger partial charge in [-0.1, -0.05) is 159 Å². The summed E-state index contributed by atoms with van der Waals surface area (Å²) in [6.07, 6.45) is 0. The number of hydrogen-bond acceptors (Lipinski definition) is 4. The highest BCUT2D eigenvalue weighted by molar-refractivity contribution is 7.04. The first kappa shape index (κ1) is 30.4. The largest absolute Gasteiger partial charge is 0.455 e. The molecule has 0 N–H and O–H groups in total. The molecular formula is C47H33N3OSi. The van der Waals surface area contributed by atoms with Gasteiger partial charge >= 0.3 is 0 Å². The van der Waals surface area contributed by atoms with Gasteiger partial charge in [0.15, 0.2) is 17.5 Å². The second-order valence-electron chi connectivity index (χ2n) is 14.0. The Morgan fingerprint density at radius 2 is 1.00 bits per heavy atom. The summed E-state index contributed by atoms with van der Waals surface area (Å²) >= 11 is 0. The van der Waals surface area contributed by atoms with Crippen LogP contribution < -0.4 is 10.4 Å². The fourth-order valence-corrected chi connectivity index (χ4v) is 11.1. The lowest BCUT2D eigenvalue weighted by Crippen LogP contribution is -2.49. The van der Waals surface area contributed by atoms with E-state index in [4.69, 9.17) is 19.4 Å². The van der Waals surface area contributed by atoms with Gasteiger partial charge in [-0.25, -0.2) is 15.0 Å². The van der Waals surface area contributed by atoms with E-state index in [-0.39, 0.29) is 0 Å². The molecule has 0 bridgehead atoms. The molecule has 0 aliphatic carbocycles. The Hall–Kier alpha value is -6.43. The number of nitrogens with zero attached hydrogens (tertiary/aromatic N) is 3. The molecule has 0 atom stereocenters. The Labute approximate surface area is 303 Å². The van der Waals surface area contributed by atoms with Crippen molar-refractivity contribution in [3.8, 4) is 67.5 Å². The molecule has 246 valence electrons. The summed E-state index contributed by atoms with van der Waals surface area (Å²) in [6, 6.07) is 57.3. The van der Waals surface area contributed by atoms with Crippen LogP contribution in [0.25, 0.3) is 89.5 Å². The molecule has 0 spiro atoms. The van der Waals surface area contributed by atoms with Crippen molar-refractivity contribution in [2.75, 3.05) is 0 Å². The van der Waals surface area contributed by atoms with Crippen LogP contribution in [0.1, 0.15) is 0 Å². The number of hydrogen-bond donors (Lipinski definition) is 0. The molecule has 7 aromatic carbocycles. The Kier molecular flexibility index (Phi) is 6.91. The van der Waals surface area contributed by atoms with Crippen molar-refractivity contribution >= 4 is 40.4 Å². The van der Waals surface area contributed by atoms with Gasteiger partial charge in [-0.2, -0.15) is 0 Å². The molecule has 0 unspecified atom stereocenters. The molecule has 9 aromatic rings. The lowest BCUT2D eigenvalue weighted by Gasteiger charge is -2.19. The van der Waals surface area contributed by atoms with Crippen molar-refractivity contribution in [2.45, 2.75) is 13.1 Å². The van der Waals surface area contributed by atoms with Crippen LogP contribution in [0.5, 0.6) is 0 Å². The fraction of sp³-hybridized carbons (Fsp3) is 0.0426. The molecule has 4 nitrogen and oxygen atoms in total. The zero-order chi connectivity index (χ0) is 34.8. The van der Waals surface area contributed by atoms with Gasteiger partial charge in [-0.05, 0) is 56.4 Å². The zero-order valence-corrected chi connectivity index (χ0v) is 29.8. The molecule has 0 amide bonds. The first-order valence-corrected chi connectivity index (χ1v) is 20.7. The Morgan fingerprint density at radius 3 is 1.79 bits per heavy atom. The van der Waals surface area contributed by atoms with E-state index in [9.17, 15) is 0 Å². The van der Waals surface area contributed by atoms with Crippen molar-refractivity contribution in [3.63, 3.8) is 0 Å². The average molecular weight is 684 g/mol. The van der Waals surface area contributed by atoms with E-state index in [2.05, 4.69) is 159 Å². The van der Waals surface area contributed by atoms with E-state index in [0.717, 1.165) is 60.9 Å². The summed E-state index contributed by atoms with van der Waals surface area (Å²) in [6.45, 7) is 4.87. The summed E-state index contributed by atoms with van der Waals surface area (Å²) in [5.41, 5.74) is 11.5. The van der Waals surface area contributed by atoms with Crippen LogP contribution in [0.4, 0.5) is 0 Å². The molecule has 0 radical (unpaired) electrons. The molecular weight excluding hydrogens is 651 g/mol. The fourth-order valence-electron chi connectivity index (χ4n) is 7.99. The standard InChI is InChI=1S/C47H33N3OSi/c1-52(2)40-27-14-12-25-37(40)43-41(52)29-38(42-36-24-11-13-26-39(36)51-44(42)43)47-49-45(33-21-15-20-32(28-33)30-16-5-3-6-17-30)48-46(50-47)35-23-10-9-22-34(35)31-18-7-4-8-19-31/h3-29H,1-2H3. The van der Waals surface area contributed by atoms with E-state index < -0.39 is 8.07 Å². The number of para-hydroxylation sites is 1. The van der Waals surface area contributed by atoms with Crippen molar-refractivity contribution in [1.29, 1.82) is 0 Å². The lowest BCUT2D eigenvalue weighted by atomic mass is 9.97. The van der Waals surface area contributed by atoms with Crippen LogP contribution in [-0.2, 0) is 0 Å². The third-order valence-corrected chi connectivity index (χ3v) is 14.1. The lowest BCUT2D eigenvalue weighted by molar-refractivity contribution is 0.670. The minimum atomic E-state index is -2.10. The van der Waals surface area contributed by atoms with Crippen molar-refractivity contribution in [2.24, 2.45) is 0 Å². The molecule has 0 fully saturated rings. The Bertz CT molecular complexity index is 2820. The topological polar surface area (TPSA) is 51.8 Å². The highest BCUT2D eigenvalue weighted by Crippen LogP contribution is 2.44. The summed E-state index contributed by atoms with van der Waals surface area (Å²) in [5.74, 6) is 1.89. The minimum Gasteiger partial charge on any atom is -0.455 e. The number of benzene rings is 7. The molecule has 0 saturated heterocycles. The van der Waals surface area contributed by atoms with Gasteiger partial charge in [0.2, 0.25) is 0 Å². The third-order valence-electron chi connectivity index (χ3n) is 10.5. The number of rotatable bonds is 5. The van der Waals surface area contributed by atoms with Gasteiger partial charge in [0, 0.05) is 33.0 Å². The maximum atomic E-state index is 6.83. The van der Waals surface area contributed by atoms with Crippen molar-refractivity contribution in [1.82, 2.24) is 15.0 Å². The second-order valence-corrected chi connectivity index (χ2v) is 18.3. The second kappa shape index (κ2) is 11.8. The predicted molar refractivity (Wildman–Crippen MR) is 216 cm³/mol. The molecule has 1 aliphatic rings. The minimum absolute atomic E-state index is 0.627. The zero-order valence-electron chi connectivity index (χ0n) is 28.8. The maximum absolute atomic E-state index is 6.83. The molecule has 52 heavy (non-hydrogen) atoms. The summed E-state index contributed by atoms with van der Waals surface area (Å²) in [5, 5.41) is 4.86. The quantitative estimate of drug-likeness (QED) is 0.169. The molecule has 1 aliphatic heterocycles. The predicted octanol–water partition coefficient (Wildman–Crippen LogP) is 10.9. The molecule has 2 aromatic heterocycles. The van der Waals surface area contributed by atoms with Gasteiger partial charge < -0.3 is 4.42 Å². The van der Waals surface area contributed by atoms with Gasteiger partial charge in [0.25, 0.3) is 0 Å². The first-order valence-electron chi connectivity index (χ1n) is 17.7. The van der Waals surface area contributed by atoms with E-state index in [1.165, 1.54) is 21.5 Å². The maximum Gasteiger partial charge on any atom is 0.164 e. The smallest absolute Gasteiger partial charge is 0.164 e. The van der Waals surface area contributed by atoms with E-state index >= 15 is 0 Å². The number of fused-ring (bicyclic) bond motifs is 7. The first-order chi connectivity index (χ1) is 25.5. The van der Waals surface area contributed by atoms with E-state index in [0.29, 0.717) is 17.5 Å². The van der Waals surface area contributed by atoms with Crippen LogP contribution in [0, 0.1) is 0 Å². The highest BCUT2D eigenvalue weighted by atomic mass is 28.3. The molecule has 10 rings (SSSR count). The van der Waals surface area contributed by atoms with Crippen LogP contribution >= 0.6 is 0 Å². The van der Waals surface area contributed by atoms with Gasteiger partial charge in [-0.3, -0.25) is 0 Å². The van der Waals surface area contributed by atoms with Crippen LogP contribution in [-0.4, -0.2) is 23.0 Å². The molecule has 5 heteroatoms. The number of aromatic nitrogens is 3.